The van der Waals surface area contributed by atoms with E-state index >= 15 is 0 Å². The summed E-state index contributed by atoms with van der Waals surface area (Å²) in [7, 11) is -3.76. The number of rotatable bonds is 10. The van der Waals surface area contributed by atoms with Crippen LogP contribution in [0.5, 0.6) is 5.88 Å². The summed E-state index contributed by atoms with van der Waals surface area (Å²) in [5, 5.41) is 19.9. The molecule has 7 N–H and O–H groups in total. The van der Waals surface area contributed by atoms with Crippen molar-refractivity contribution in [3.8, 4) is 17.1 Å². The Morgan fingerprint density at radius 2 is 1.74 bits per heavy atom. The van der Waals surface area contributed by atoms with Crippen LogP contribution < -0.4 is 26.2 Å². The number of carbonyl (C=O) groups excluding carboxylic acids is 1. The number of hydrogen-bond donors (Lipinski definition) is 5. The van der Waals surface area contributed by atoms with Gasteiger partial charge in [-0.15, -0.1) is 0 Å². The average Bonchev–Trinajstić information content (AvgIpc) is 2.91. The van der Waals surface area contributed by atoms with Crippen LogP contribution in [0.1, 0.15) is 12.5 Å². The number of primary sulfonamides is 1. The summed E-state index contributed by atoms with van der Waals surface area (Å²) in [5.74, 6) is 0.160. The van der Waals surface area contributed by atoms with Gasteiger partial charge in [0.2, 0.25) is 27.8 Å². The van der Waals surface area contributed by atoms with E-state index in [0.29, 0.717) is 47.4 Å². The first-order chi connectivity index (χ1) is 18.2. The van der Waals surface area contributed by atoms with Crippen molar-refractivity contribution < 1.29 is 23.1 Å². The Kier molecular flexibility index (Phi) is 8.12. The normalized spacial score (nSPS) is 12.2. The number of nitrogens with one attached hydrogen (secondary N) is 2. The molecule has 1 amide bonds. The molecule has 0 aliphatic heterocycles. The van der Waals surface area contributed by atoms with E-state index in [1.54, 1.807) is 36.4 Å². The smallest absolute Gasteiger partial charge is 0.245 e. The second-order valence-corrected chi connectivity index (χ2v) is 9.81. The molecule has 38 heavy (non-hydrogen) atoms. The molecule has 2 heterocycles. The minimum Gasteiger partial charge on any atom is -0.476 e. The highest BCUT2D eigenvalue weighted by atomic mass is 32.2. The standard InChI is InChI=1S/C25H27N7O5S/c1-2-37-24-22-21(31-25(32-24)28-13-15-3-9-18(10-4-15)38(27,35)36)12-11-20(30-22)16-5-7-17(8-6-16)29-23(34)19(26)14-33/h3-12,19,33H,2,13-14,26H2,1H3,(H,29,34)(H2,27,35,36)(H,28,31,32). The lowest BCUT2D eigenvalue weighted by Crippen LogP contribution is -2.38. The van der Waals surface area contributed by atoms with Gasteiger partial charge in [0.05, 0.1) is 29.3 Å². The van der Waals surface area contributed by atoms with Crippen LogP contribution in [-0.2, 0) is 21.4 Å². The van der Waals surface area contributed by atoms with E-state index in [4.69, 9.17) is 25.7 Å². The molecular formula is C25H27N7O5S. The van der Waals surface area contributed by atoms with Crippen LogP contribution in [0, 0.1) is 0 Å². The van der Waals surface area contributed by atoms with Crippen molar-refractivity contribution in [2.24, 2.45) is 10.9 Å². The predicted octanol–water partition coefficient (Wildman–Crippen LogP) is 1.61. The lowest BCUT2D eigenvalue weighted by Gasteiger charge is -2.12. The molecule has 0 fully saturated rings. The summed E-state index contributed by atoms with van der Waals surface area (Å²) >= 11 is 0. The molecule has 0 aliphatic rings. The molecule has 12 nitrogen and oxygen atoms in total. The number of hydrogen-bond acceptors (Lipinski definition) is 10. The third-order valence-electron chi connectivity index (χ3n) is 5.48. The van der Waals surface area contributed by atoms with Crippen LogP contribution in [0.3, 0.4) is 0 Å². The van der Waals surface area contributed by atoms with Gasteiger partial charge < -0.3 is 26.2 Å². The molecule has 13 heteroatoms. The van der Waals surface area contributed by atoms with Crippen molar-refractivity contribution in [1.82, 2.24) is 15.0 Å². The van der Waals surface area contributed by atoms with Crippen molar-refractivity contribution in [1.29, 1.82) is 0 Å². The second kappa shape index (κ2) is 11.5. The number of amides is 1. The van der Waals surface area contributed by atoms with Gasteiger partial charge in [-0.3, -0.25) is 4.79 Å². The van der Waals surface area contributed by atoms with Crippen molar-refractivity contribution in [2.75, 3.05) is 23.8 Å². The monoisotopic (exact) mass is 537 g/mol. The number of nitrogens with zero attached hydrogens (tertiary/aromatic N) is 3. The third-order valence-corrected chi connectivity index (χ3v) is 6.40. The maximum Gasteiger partial charge on any atom is 0.245 e. The first-order valence-corrected chi connectivity index (χ1v) is 13.2. The molecule has 2 aromatic heterocycles. The van der Waals surface area contributed by atoms with E-state index in [-0.39, 0.29) is 4.90 Å². The van der Waals surface area contributed by atoms with Gasteiger partial charge in [0.15, 0.2) is 5.52 Å². The minimum absolute atomic E-state index is 0.0361. The molecule has 4 rings (SSSR count). The van der Waals surface area contributed by atoms with E-state index in [1.165, 1.54) is 12.1 Å². The first-order valence-electron chi connectivity index (χ1n) is 11.6. The molecule has 2 aromatic carbocycles. The lowest BCUT2D eigenvalue weighted by atomic mass is 10.1. The van der Waals surface area contributed by atoms with Gasteiger partial charge in [0, 0.05) is 17.8 Å². The van der Waals surface area contributed by atoms with Crippen molar-refractivity contribution >= 4 is 38.6 Å². The number of aliphatic hydroxyl groups excluding tert-OH is 1. The number of carbonyl (C=O) groups is 1. The number of anilines is 2. The van der Waals surface area contributed by atoms with E-state index in [2.05, 4.69) is 20.6 Å². The maximum absolute atomic E-state index is 11.9. The Hall–Kier alpha value is -4.17. The predicted molar refractivity (Wildman–Crippen MR) is 143 cm³/mol. The Balaban J connectivity index is 1.54. The van der Waals surface area contributed by atoms with Crippen LogP contribution in [0.2, 0.25) is 0 Å². The number of benzene rings is 2. The number of nitrogens with two attached hydrogens (primary N) is 2. The molecule has 198 valence electrons. The number of ether oxygens (including phenoxy) is 1. The summed E-state index contributed by atoms with van der Waals surface area (Å²) in [4.78, 5) is 25.6. The summed E-state index contributed by atoms with van der Waals surface area (Å²) in [5.41, 5.74) is 9.39. The molecule has 0 saturated heterocycles. The van der Waals surface area contributed by atoms with Crippen molar-refractivity contribution in [3.63, 3.8) is 0 Å². The Bertz CT molecular complexity index is 1550. The zero-order valence-corrected chi connectivity index (χ0v) is 21.3. The van der Waals surface area contributed by atoms with Gasteiger partial charge in [-0.1, -0.05) is 24.3 Å². The molecule has 0 aliphatic carbocycles. The summed E-state index contributed by atoms with van der Waals surface area (Å²) in [6.45, 7) is 2.12. The maximum atomic E-state index is 11.9. The quantitative estimate of drug-likeness (QED) is 0.198. The van der Waals surface area contributed by atoms with Crippen LogP contribution in [0.25, 0.3) is 22.3 Å². The second-order valence-electron chi connectivity index (χ2n) is 8.25. The number of aliphatic hydroxyl groups is 1. The van der Waals surface area contributed by atoms with E-state index in [9.17, 15) is 13.2 Å². The molecule has 1 unspecified atom stereocenters. The molecule has 0 bridgehead atoms. The van der Waals surface area contributed by atoms with Gasteiger partial charge >= 0.3 is 0 Å². The van der Waals surface area contributed by atoms with Gasteiger partial charge in [0.25, 0.3) is 0 Å². The van der Waals surface area contributed by atoms with E-state index in [1.807, 2.05) is 19.1 Å². The SMILES string of the molecule is CCOc1nc(NCc2ccc(S(N)(=O)=O)cc2)nc2ccc(-c3ccc(NC(=O)C(N)CO)cc3)nc12. The minimum atomic E-state index is -3.76. The fourth-order valence-corrected chi connectivity index (χ4v) is 4.00. The Morgan fingerprint density at radius 3 is 2.37 bits per heavy atom. The summed E-state index contributed by atoms with van der Waals surface area (Å²) in [6.07, 6.45) is 0. The van der Waals surface area contributed by atoms with Crippen molar-refractivity contribution in [2.45, 2.75) is 24.4 Å². The molecule has 0 radical (unpaired) electrons. The first kappa shape index (κ1) is 26.9. The highest BCUT2D eigenvalue weighted by Crippen LogP contribution is 2.27. The Morgan fingerprint density at radius 1 is 1.03 bits per heavy atom. The van der Waals surface area contributed by atoms with Gasteiger partial charge in [-0.25, -0.2) is 23.5 Å². The fourth-order valence-electron chi connectivity index (χ4n) is 3.49. The highest BCUT2D eigenvalue weighted by Gasteiger charge is 2.14. The van der Waals surface area contributed by atoms with Crippen molar-refractivity contribution in [3.05, 3.63) is 66.2 Å². The Labute approximate surface area is 219 Å². The van der Waals surface area contributed by atoms with Crippen LogP contribution in [0.4, 0.5) is 11.6 Å². The number of sulfonamides is 1. The average molecular weight is 538 g/mol. The molecule has 4 aromatic rings. The fraction of sp³-hybridized carbons (Fsp3) is 0.200. The largest absolute Gasteiger partial charge is 0.476 e. The number of fused-ring (bicyclic) bond motifs is 1. The zero-order chi connectivity index (χ0) is 27.3. The van der Waals surface area contributed by atoms with Gasteiger partial charge in [-0.2, -0.15) is 4.98 Å². The highest BCUT2D eigenvalue weighted by molar-refractivity contribution is 7.89. The topological polar surface area (TPSA) is 195 Å². The van der Waals surface area contributed by atoms with Crippen LogP contribution in [-0.4, -0.2) is 53.6 Å². The lowest BCUT2D eigenvalue weighted by molar-refractivity contribution is -0.118. The molecule has 0 saturated carbocycles. The summed E-state index contributed by atoms with van der Waals surface area (Å²) in [6, 6.07) is 15.8. The third kappa shape index (κ3) is 6.39. The molecular weight excluding hydrogens is 510 g/mol. The number of pyridine rings is 1. The summed E-state index contributed by atoms with van der Waals surface area (Å²) < 4.78 is 28.6. The van der Waals surface area contributed by atoms with Gasteiger partial charge in [-0.05, 0) is 48.9 Å². The molecule has 0 spiro atoms. The van der Waals surface area contributed by atoms with Crippen LogP contribution >= 0.6 is 0 Å². The molecule has 1 atom stereocenters. The van der Waals surface area contributed by atoms with E-state index in [0.717, 1.165) is 11.1 Å². The van der Waals surface area contributed by atoms with Crippen LogP contribution in [0.15, 0.2) is 65.6 Å². The van der Waals surface area contributed by atoms with E-state index < -0.39 is 28.6 Å². The zero-order valence-electron chi connectivity index (χ0n) is 20.5. The number of aromatic nitrogens is 3. The van der Waals surface area contributed by atoms with Gasteiger partial charge in [0.1, 0.15) is 6.04 Å².